The lowest BCUT2D eigenvalue weighted by Crippen LogP contribution is -2.21. The number of rotatable bonds is 8. The van der Waals surface area contributed by atoms with Crippen LogP contribution < -0.4 is 10.1 Å². The van der Waals surface area contributed by atoms with Gasteiger partial charge in [-0.15, -0.1) is 0 Å². The molecule has 1 rings (SSSR count). The van der Waals surface area contributed by atoms with E-state index in [0.717, 1.165) is 24.4 Å². The van der Waals surface area contributed by atoms with Crippen LogP contribution in [0.1, 0.15) is 19.4 Å². The molecule has 108 valence electrons. The second-order valence-corrected chi connectivity index (χ2v) is 5.43. The monoisotopic (exact) mass is 268 g/mol. The first-order valence-electron chi connectivity index (χ1n) is 6.75. The molecule has 0 radical (unpaired) electrons. The smallest absolute Gasteiger partial charge is 0.124 e. The molecule has 0 saturated carbocycles. The fourth-order valence-corrected chi connectivity index (χ4v) is 1.66. The Labute approximate surface area is 115 Å². The van der Waals surface area contributed by atoms with Gasteiger partial charge in [-0.1, -0.05) is 13.8 Å². The highest BCUT2D eigenvalue weighted by atomic mass is 19.1. The van der Waals surface area contributed by atoms with Crippen LogP contribution in [0.25, 0.3) is 0 Å². The minimum absolute atomic E-state index is 0.221. The van der Waals surface area contributed by atoms with E-state index in [9.17, 15) is 4.39 Å². The molecule has 1 N–H and O–H groups in total. The molecule has 0 aromatic heterocycles. The van der Waals surface area contributed by atoms with Crippen molar-refractivity contribution in [1.29, 1.82) is 0 Å². The second kappa shape index (κ2) is 8.12. The van der Waals surface area contributed by atoms with Crippen LogP contribution in [-0.4, -0.2) is 38.7 Å². The molecule has 1 aromatic rings. The predicted octanol–water partition coefficient (Wildman–Crippen LogP) is 2.51. The Kier molecular flexibility index (Phi) is 6.81. The normalized spacial score (nSPS) is 11.3. The Bertz CT molecular complexity index is 380. The Morgan fingerprint density at radius 1 is 1.32 bits per heavy atom. The van der Waals surface area contributed by atoms with Crippen LogP contribution in [0.15, 0.2) is 18.2 Å². The van der Waals surface area contributed by atoms with Crippen molar-refractivity contribution in [1.82, 2.24) is 10.2 Å². The van der Waals surface area contributed by atoms with E-state index in [1.807, 2.05) is 14.1 Å². The van der Waals surface area contributed by atoms with Gasteiger partial charge in [0, 0.05) is 18.7 Å². The summed E-state index contributed by atoms with van der Waals surface area (Å²) < 4.78 is 19.0. The van der Waals surface area contributed by atoms with Crippen molar-refractivity contribution in [2.45, 2.75) is 20.4 Å². The minimum atomic E-state index is -0.221. The topological polar surface area (TPSA) is 24.5 Å². The quantitative estimate of drug-likeness (QED) is 0.784. The van der Waals surface area contributed by atoms with Gasteiger partial charge in [-0.25, -0.2) is 4.39 Å². The van der Waals surface area contributed by atoms with Crippen LogP contribution in [0.4, 0.5) is 4.39 Å². The molecule has 0 atom stereocenters. The average Bonchev–Trinajstić information content (AvgIpc) is 2.31. The van der Waals surface area contributed by atoms with Gasteiger partial charge in [-0.2, -0.15) is 0 Å². The molecular weight excluding hydrogens is 243 g/mol. The summed E-state index contributed by atoms with van der Waals surface area (Å²) in [5.74, 6) is 1.12. The van der Waals surface area contributed by atoms with Gasteiger partial charge >= 0.3 is 0 Å². The fraction of sp³-hybridized carbons (Fsp3) is 0.600. The summed E-state index contributed by atoms with van der Waals surface area (Å²) in [5, 5.41) is 3.31. The number of nitrogens with one attached hydrogen (secondary N) is 1. The third kappa shape index (κ3) is 6.55. The minimum Gasteiger partial charge on any atom is -0.492 e. The highest BCUT2D eigenvalue weighted by Gasteiger charge is 2.06. The molecule has 4 heteroatoms. The summed E-state index contributed by atoms with van der Waals surface area (Å²) in [4.78, 5) is 2.06. The first-order valence-corrected chi connectivity index (χ1v) is 6.75. The molecule has 0 heterocycles. The Morgan fingerprint density at radius 2 is 2.05 bits per heavy atom. The van der Waals surface area contributed by atoms with Crippen molar-refractivity contribution < 1.29 is 9.13 Å². The molecule has 0 fully saturated rings. The van der Waals surface area contributed by atoms with Gasteiger partial charge in [0.2, 0.25) is 0 Å². The van der Waals surface area contributed by atoms with Gasteiger partial charge in [0.1, 0.15) is 18.2 Å². The average molecular weight is 268 g/mol. The number of benzene rings is 1. The molecule has 0 aliphatic heterocycles. The Morgan fingerprint density at radius 3 is 2.68 bits per heavy atom. The summed E-state index contributed by atoms with van der Waals surface area (Å²) in [6.07, 6.45) is 0. The number of hydrogen-bond acceptors (Lipinski definition) is 3. The van der Waals surface area contributed by atoms with Crippen LogP contribution in [-0.2, 0) is 6.54 Å². The Balaban J connectivity index is 2.58. The van der Waals surface area contributed by atoms with E-state index < -0.39 is 0 Å². The van der Waals surface area contributed by atoms with E-state index >= 15 is 0 Å². The number of likely N-dealkylation sites (N-methyl/N-ethyl adjacent to an activating group) is 1. The highest BCUT2D eigenvalue weighted by molar-refractivity contribution is 5.33. The van der Waals surface area contributed by atoms with E-state index in [2.05, 4.69) is 24.1 Å². The van der Waals surface area contributed by atoms with Crippen molar-refractivity contribution in [2.75, 3.05) is 33.8 Å². The van der Waals surface area contributed by atoms with E-state index in [-0.39, 0.29) is 5.82 Å². The molecule has 0 spiro atoms. The molecule has 19 heavy (non-hydrogen) atoms. The van der Waals surface area contributed by atoms with Crippen LogP contribution in [0, 0.1) is 11.7 Å². The zero-order chi connectivity index (χ0) is 14.3. The number of hydrogen-bond donors (Lipinski definition) is 1. The summed E-state index contributed by atoms with van der Waals surface area (Å²) >= 11 is 0. The standard InChI is InChI=1S/C15H25FN2O/c1-12(2)10-17-11-13-9-14(16)5-6-15(13)19-8-7-18(3)4/h5-6,9,12,17H,7-8,10-11H2,1-4H3. The largest absolute Gasteiger partial charge is 0.492 e. The van der Waals surface area contributed by atoms with Gasteiger partial charge in [0.15, 0.2) is 0 Å². The van der Waals surface area contributed by atoms with Crippen LogP contribution >= 0.6 is 0 Å². The zero-order valence-electron chi connectivity index (χ0n) is 12.4. The van der Waals surface area contributed by atoms with Gasteiger partial charge < -0.3 is 15.0 Å². The van der Waals surface area contributed by atoms with E-state index in [1.165, 1.54) is 6.07 Å². The van der Waals surface area contributed by atoms with Gasteiger partial charge in [-0.3, -0.25) is 0 Å². The maximum Gasteiger partial charge on any atom is 0.124 e. The van der Waals surface area contributed by atoms with Gasteiger partial charge in [0.25, 0.3) is 0 Å². The molecular formula is C15H25FN2O. The lowest BCUT2D eigenvalue weighted by Gasteiger charge is -2.15. The second-order valence-electron chi connectivity index (χ2n) is 5.43. The highest BCUT2D eigenvalue weighted by Crippen LogP contribution is 2.19. The molecule has 0 bridgehead atoms. The van der Waals surface area contributed by atoms with Crippen LogP contribution in [0.5, 0.6) is 5.75 Å². The van der Waals surface area contributed by atoms with Crippen molar-refractivity contribution in [3.63, 3.8) is 0 Å². The zero-order valence-corrected chi connectivity index (χ0v) is 12.4. The summed E-state index contributed by atoms with van der Waals surface area (Å²) in [5.41, 5.74) is 0.874. The third-order valence-electron chi connectivity index (χ3n) is 2.69. The van der Waals surface area contributed by atoms with E-state index in [4.69, 9.17) is 4.74 Å². The maximum absolute atomic E-state index is 13.3. The van der Waals surface area contributed by atoms with Gasteiger partial charge in [-0.05, 0) is 44.8 Å². The van der Waals surface area contributed by atoms with Crippen molar-refractivity contribution in [3.8, 4) is 5.75 Å². The van der Waals surface area contributed by atoms with Gasteiger partial charge in [0.05, 0.1) is 0 Å². The Hall–Kier alpha value is -1.13. The first kappa shape index (κ1) is 15.9. The van der Waals surface area contributed by atoms with Crippen molar-refractivity contribution in [2.24, 2.45) is 5.92 Å². The summed E-state index contributed by atoms with van der Waals surface area (Å²) in [6.45, 7) is 7.28. The van der Waals surface area contributed by atoms with E-state index in [1.54, 1.807) is 12.1 Å². The van der Waals surface area contributed by atoms with Crippen molar-refractivity contribution >= 4 is 0 Å². The maximum atomic E-state index is 13.3. The number of halogens is 1. The van der Waals surface area contributed by atoms with Crippen molar-refractivity contribution in [3.05, 3.63) is 29.6 Å². The molecule has 0 amide bonds. The molecule has 0 saturated heterocycles. The molecule has 0 aliphatic rings. The fourth-order valence-electron chi connectivity index (χ4n) is 1.66. The molecule has 1 aromatic carbocycles. The predicted molar refractivity (Wildman–Crippen MR) is 77.0 cm³/mol. The van der Waals surface area contributed by atoms with E-state index in [0.29, 0.717) is 19.1 Å². The lowest BCUT2D eigenvalue weighted by atomic mass is 10.1. The van der Waals surface area contributed by atoms with Crippen LogP contribution in [0.3, 0.4) is 0 Å². The molecule has 0 unspecified atom stereocenters. The summed E-state index contributed by atoms with van der Waals surface area (Å²) in [6, 6.07) is 4.69. The first-order chi connectivity index (χ1) is 8.99. The number of nitrogens with zero attached hydrogens (tertiary/aromatic N) is 1. The summed E-state index contributed by atoms with van der Waals surface area (Å²) in [7, 11) is 4.00. The SMILES string of the molecule is CC(C)CNCc1cc(F)ccc1OCCN(C)C. The van der Waals surface area contributed by atoms with Crippen LogP contribution in [0.2, 0.25) is 0 Å². The lowest BCUT2D eigenvalue weighted by molar-refractivity contribution is 0.258. The molecule has 0 aliphatic carbocycles. The molecule has 3 nitrogen and oxygen atoms in total. The number of ether oxygens (including phenoxy) is 1. The third-order valence-corrected chi connectivity index (χ3v) is 2.69.